The third kappa shape index (κ3) is 2.28. The maximum Gasteiger partial charge on any atom is 0.242 e. The number of aromatic nitrogens is 2. The maximum absolute atomic E-state index is 12.3. The van der Waals surface area contributed by atoms with Crippen molar-refractivity contribution in [3.8, 4) is 0 Å². The molecular formula is C17H18N4O3. The highest BCUT2D eigenvalue weighted by Gasteiger charge is 2.37. The van der Waals surface area contributed by atoms with Gasteiger partial charge >= 0.3 is 0 Å². The summed E-state index contributed by atoms with van der Waals surface area (Å²) in [7, 11) is 0. The Labute approximate surface area is 138 Å². The zero-order valence-corrected chi connectivity index (χ0v) is 13.4. The monoisotopic (exact) mass is 326 g/mol. The molecule has 2 aliphatic rings. The SMILES string of the molecule is Cc1nc2ccccc2n1C1CN(C(=O)CN2C(=O)CCC2=O)C1. The van der Waals surface area contributed by atoms with Gasteiger partial charge in [0.25, 0.3) is 0 Å². The largest absolute Gasteiger partial charge is 0.337 e. The van der Waals surface area contributed by atoms with Gasteiger partial charge in [0, 0.05) is 25.9 Å². The summed E-state index contributed by atoms with van der Waals surface area (Å²) in [6, 6.07) is 8.13. The Morgan fingerprint density at radius 1 is 1.17 bits per heavy atom. The van der Waals surface area contributed by atoms with Gasteiger partial charge in [0.15, 0.2) is 0 Å². The van der Waals surface area contributed by atoms with Gasteiger partial charge in [-0.3, -0.25) is 19.3 Å². The number of amides is 3. The molecule has 0 aliphatic carbocycles. The summed E-state index contributed by atoms with van der Waals surface area (Å²) >= 11 is 0. The summed E-state index contributed by atoms with van der Waals surface area (Å²) < 4.78 is 2.16. The molecule has 124 valence electrons. The average molecular weight is 326 g/mol. The number of carbonyl (C=O) groups excluding carboxylic acids is 3. The van der Waals surface area contributed by atoms with E-state index in [1.165, 1.54) is 0 Å². The number of imidazole rings is 1. The molecule has 24 heavy (non-hydrogen) atoms. The van der Waals surface area contributed by atoms with Gasteiger partial charge in [-0.2, -0.15) is 0 Å². The normalized spacial score (nSPS) is 18.5. The van der Waals surface area contributed by atoms with Crippen LogP contribution in [0.3, 0.4) is 0 Å². The first kappa shape index (κ1) is 14.9. The second-order valence-electron chi connectivity index (χ2n) is 6.34. The minimum atomic E-state index is -0.248. The standard InChI is InChI=1S/C17H18N4O3/c1-11-18-13-4-2-3-5-14(13)21(11)12-8-19(9-12)17(24)10-20-15(22)6-7-16(20)23/h2-5,12H,6-10H2,1H3. The van der Waals surface area contributed by atoms with E-state index >= 15 is 0 Å². The van der Waals surface area contributed by atoms with E-state index in [9.17, 15) is 14.4 Å². The Hall–Kier alpha value is -2.70. The predicted octanol–water partition coefficient (Wildman–Crippen LogP) is 0.877. The summed E-state index contributed by atoms with van der Waals surface area (Å²) in [5, 5.41) is 0. The van der Waals surface area contributed by atoms with Crippen LogP contribution < -0.4 is 0 Å². The van der Waals surface area contributed by atoms with E-state index in [1.807, 2.05) is 31.2 Å². The summed E-state index contributed by atoms with van der Waals surface area (Å²) in [5.74, 6) is 0.263. The van der Waals surface area contributed by atoms with Crippen molar-refractivity contribution in [3.63, 3.8) is 0 Å². The molecule has 0 spiro atoms. The van der Waals surface area contributed by atoms with Crippen molar-refractivity contribution < 1.29 is 14.4 Å². The van der Waals surface area contributed by atoms with Crippen molar-refractivity contribution in [1.29, 1.82) is 0 Å². The number of aryl methyl sites for hydroxylation is 1. The lowest BCUT2D eigenvalue weighted by atomic mass is 10.1. The second-order valence-corrected chi connectivity index (χ2v) is 6.34. The van der Waals surface area contributed by atoms with Gasteiger partial charge in [-0.15, -0.1) is 0 Å². The van der Waals surface area contributed by atoms with Crippen LogP contribution in [0.15, 0.2) is 24.3 Å². The summed E-state index contributed by atoms with van der Waals surface area (Å²) in [6.45, 7) is 2.99. The number of para-hydroxylation sites is 2. The first-order chi connectivity index (χ1) is 11.5. The molecule has 1 aromatic carbocycles. The Morgan fingerprint density at radius 3 is 2.54 bits per heavy atom. The van der Waals surface area contributed by atoms with E-state index < -0.39 is 0 Å². The lowest BCUT2D eigenvalue weighted by Crippen LogP contribution is -2.54. The maximum atomic E-state index is 12.3. The van der Waals surface area contributed by atoms with Crippen LogP contribution in [0.4, 0.5) is 0 Å². The van der Waals surface area contributed by atoms with Crippen LogP contribution in [0.1, 0.15) is 24.7 Å². The smallest absolute Gasteiger partial charge is 0.242 e. The summed E-state index contributed by atoms with van der Waals surface area (Å²) in [4.78, 5) is 42.8. The Balaban J connectivity index is 1.44. The van der Waals surface area contributed by atoms with Gasteiger partial charge in [-0.25, -0.2) is 4.98 Å². The molecule has 3 heterocycles. The van der Waals surface area contributed by atoms with Gasteiger partial charge in [0.2, 0.25) is 17.7 Å². The van der Waals surface area contributed by atoms with Gasteiger partial charge in [-0.1, -0.05) is 12.1 Å². The van der Waals surface area contributed by atoms with Crippen molar-refractivity contribution in [2.75, 3.05) is 19.6 Å². The lowest BCUT2D eigenvalue weighted by molar-refractivity contribution is -0.148. The number of benzene rings is 1. The molecule has 0 unspecified atom stereocenters. The van der Waals surface area contributed by atoms with Crippen LogP contribution in [0.5, 0.6) is 0 Å². The number of nitrogens with zero attached hydrogens (tertiary/aromatic N) is 4. The molecule has 1 aromatic heterocycles. The highest BCUT2D eigenvalue weighted by Crippen LogP contribution is 2.28. The molecule has 2 aromatic rings. The minimum absolute atomic E-state index is 0.131. The van der Waals surface area contributed by atoms with Gasteiger partial charge in [0.1, 0.15) is 12.4 Å². The number of likely N-dealkylation sites (tertiary alicyclic amines) is 2. The van der Waals surface area contributed by atoms with E-state index in [0.717, 1.165) is 21.8 Å². The molecule has 0 atom stereocenters. The van der Waals surface area contributed by atoms with Crippen molar-refractivity contribution in [2.45, 2.75) is 25.8 Å². The third-order valence-corrected chi connectivity index (χ3v) is 4.80. The van der Waals surface area contributed by atoms with Gasteiger partial charge in [-0.05, 0) is 19.1 Å². The predicted molar refractivity (Wildman–Crippen MR) is 86.0 cm³/mol. The molecule has 0 bridgehead atoms. The number of carbonyl (C=O) groups is 3. The quantitative estimate of drug-likeness (QED) is 0.785. The lowest BCUT2D eigenvalue weighted by Gasteiger charge is -2.41. The molecule has 0 N–H and O–H groups in total. The molecule has 0 radical (unpaired) electrons. The van der Waals surface area contributed by atoms with Crippen LogP contribution in [-0.4, -0.2) is 56.7 Å². The van der Waals surface area contributed by atoms with E-state index in [2.05, 4.69) is 9.55 Å². The molecule has 0 saturated carbocycles. The minimum Gasteiger partial charge on any atom is -0.337 e. The molecule has 2 fully saturated rings. The summed E-state index contributed by atoms with van der Waals surface area (Å²) in [6.07, 6.45) is 0.434. The molecule has 3 amide bonds. The van der Waals surface area contributed by atoms with Crippen LogP contribution in [0.2, 0.25) is 0 Å². The fraction of sp³-hybridized carbons (Fsp3) is 0.412. The van der Waals surface area contributed by atoms with Crippen LogP contribution in [-0.2, 0) is 14.4 Å². The number of rotatable bonds is 3. The molecule has 4 rings (SSSR count). The Bertz CT molecular complexity index is 835. The topological polar surface area (TPSA) is 75.5 Å². The molecule has 7 nitrogen and oxygen atoms in total. The molecular weight excluding hydrogens is 308 g/mol. The Kier molecular flexibility index (Phi) is 3.37. The van der Waals surface area contributed by atoms with E-state index in [0.29, 0.717) is 13.1 Å². The van der Waals surface area contributed by atoms with E-state index in [-0.39, 0.29) is 43.1 Å². The first-order valence-electron chi connectivity index (χ1n) is 8.09. The average Bonchev–Trinajstić information content (AvgIpc) is 3.00. The second kappa shape index (κ2) is 5.43. The summed E-state index contributed by atoms with van der Waals surface area (Å²) in [5.41, 5.74) is 2.02. The highest BCUT2D eigenvalue weighted by molar-refractivity contribution is 6.04. The number of hydrogen-bond acceptors (Lipinski definition) is 4. The first-order valence-corrected chi connectivity index (χ1v) is 8.09. The fourth-order valence-electron chi connectivity index (χ4n) is 3.48. The molecule has 2 aliphatic heterocycles. The zero-order valence-electron chi connectivity index (χ0n) is 13.4. The molecule has 7 heteroatoms. The zero-order chi connectivity index (χ0) is 16.8. The molecule has 2 saturated heterocycles. The van der Waals surface area contributed by atoms with E-state index in [1.54, 1.807) is 4.90 Å². The Morgan fingerprint density at radius 2 is 1.83 bits per heavy atom. The number of fused-ring (bicyclic) bond motifs is 1. The van der Waals surface area contributed by atoms with Crippen molar-refractivity contribution in [3.05, 3.63) is 30.1 Å². The van der Waals surface area contributed by atoms with Crippen molar-refractivity contribution in [1.82, 2.24) is 19.4 Å². The van der Waals surface area contributed by atoms with Crippen LogP contribution in [0.25, 0.3) is 11.0 Å². The van der Waals surface area contributed by atoms with Gasteiger partial charge < -0.3 is 9.47 Å². The third-order valence-electron chi connectivity index (χ3n) is 4.80. The number of imide groups is 1. The highest BCUT2D eigenvalue weighted by atomic mass is 16.2. The van der Waals surface area contributed by atoms with Crippen LogP contribution >= 0.6 is 0 Å². The van der Waals surface area contributed by atoms with Crippen molar-refractivity contribution >= 4 is 28.8 Å². The van der Waals surface area contributed by atoms with Crippen molar-refractivity contribution in [2.24, 2.45) is 0 Å². The van der Waals surface area contributed by atoms with E-state index in [4.69, 9.17) is 0 Å². The van der Waals surface area contributed by atoms with Gasteiger partial charge in [0.05, 0.1) is 17.1 Å². The van der Waals surface area contributed by atoms with Crippen LogP contribution in [0, 0.1) is 6.92 Å². The fourth-order valence-corrected chi connectivity index (χ4v) is 3.48. The number of hydrogen-bond donors (Lipinski definition) is 0.